The van der Waals surface area contributed by atoms with Crippen molar-refractivity contribution in [2.24, 2.45) is 0 Å². The van der Waals surface area contributed by atoms with Gasteiger partial charge in [0, 0.05) is 23.0 Å². The van der Waals surface area contributed by atoms with Crippen molar-refractivity contribution < 1.29 is 4.92 Å². The molecule has 2 heterocycles. The predicted octanol–water partition coefficient (Wildman–Crippen LogP) is 5.24. The van der Waals surface area contributed by atoms with Gasteiger partial charge in [0.2, 0.25) is 0 Å². The van der Waals surface area contributed by atoms with E-state index in [1.807, 2.05) is 53.1 Å². The Kier molecular flexibility index (Phi) is 3.03. The molecule has 5 nitrogen and oxygen atoms in total. The quantitative estimate of drug-likeness (QED) is 0.326. The molecule has 0 fully saturated rings. The summed E-state index contributed by atoms with van der Waals surface area (Å²) in [5.41, 5.74) is 1.56. The van der Waals surface area contributed by atoms with Gasteiger partial charge in [0.1, 0.15) is 11.3 Å². The first-order valence-corrected chi connectivity index (χ1v) is 8.26. The van der Waals surface area contributed by atoms with Crippen LogP contribution in [0.15, 0.2) is 79.0 Å². The molecule has 0 amide bonds. The Morgan fingerprint density at radius 2 is 1.65 bits per heavy atom. The van der Waals surface area contributed by atoms with Gasteiger partial charge in [-0.15, -0.1) is 0 Å². The van der Waals surface area contributed by atoms with E-state index in [0.717, 1.165) is 27.1 Å². The van der Waals surface area contributed by atoms with E-state index in [4.69, 9.17) is 0 Å². The molecule has 5 rings (SSSR count). The normalized spacial score (nSPS) is 11.4. The fraction of sp³-hybridized carbons (Fsp3) is 0. The van der Waals surface area contributed by atoms with Crippen LogP contribution in [0.25, 0.3) is 38.4 Å². The minimum Gasteiger partial charge on any atom is -0.288 e. The molecular formula is C21H13N3O2. The number of nitro benzene ring substituents is 1. The number of hydrogen-bond acceptors (Lipinski definition) is 3. The van der Waals surface area contributed by atoms with Crippen LogP contribution in [-0.2, 0) is 0 Å². The maximum atomic E-state index is 11.7. The number of benzene rings is 3. The van der Waals surface area contributed by atoms with Crippen molar-refractivity contribution in [1.29, 1.82) is 0 Å². The van der Waals surface area contributed by atoms with Crippen molar-refractivity contribution in [2.45, 2.75) is 0 Å². The Morgan fingerprint density at radius 1 is 0.846 bits per heavy atom. The van der Waals surface area contributed by atoms with Gasteiger partial charge in [0.05, 0.1) is 10.4 Å². The molecule has 5 heteroatoms. The molecule has 0 atom stereocenters. The number of nitrogens with zero attached hydrogens (tertiary/aromatic N) is 3. The number of aromatic nitrogens is 2. The summed E-state index contributed by atoms with van der Waals surface area (Å²) in [6.07, 6.45) is 1.70. The van der Waals surface area contributed by atoms with E-state index < -0.39 is 0 Å². The van der Waals surface area contributed by atoms with Crippen LogP contribution in [-0.4, -0.2) is 14.5 Å². The van der Waals surface area contributed by atoms with Gasteiger partial charge in [-0.2, -0.15) is 0 Å². The van der Waals surface area contributed by atoms with E-state index >= 15 is 0 Å². The number of rotatable bonds is 2. The van der Waals surface area contributed by atoms with Gasteiger partial charge in [-0.25, -0.2) is 4.98 Å². The minimum atomic E-state index is -0.331. The van der Waals surface area contributed by atoms with Crippen LogP contribution in [0.1, 0.15) is 0 Å². The average molecular weight is 339 g/mol. The standard InChI is InChI=1S/C21H13N3O2/c25-24(26)18-9-5-8-16-20-15-7-2-1-6-14(15)11-12-17(20)23(21(16)18)19-10-3-4-13-22-19/h1-13H. The summed E-state index contributed by atoms with van der Waals surface area (Å²) >= 11 is 0. The lowest BCUT2D eigenvalue weighted by molar-refractivity contribution is -0.383. The summed E-state index contributed by atoms with van der Waals surface area (Å²) in [6.45, 7) is 0. The monoisotopic (exact) mass is 339 g/mol. The van der Waals surface area contributed by atoms with Crippen LogP contribution in [0.4, 0.5) is 5.69 Å². The maximum absolute atomic E-state index is 11.7. The predicted molar refractivity (Wildman–Crippen MR) is 103 cm³/mol. The first kappa shape index (κ1) is 14.6. The molecule has 26 heavy (non-hydrogen) atoms. The topological polar surface area (TPSA) is 61.0 Å². The molecular weight excluding hydrogens is 326 g/mol. The average Bonchev–Trinajstić information content (AvgIpc) is 3.03. The summed E-state index contributed by atoms with van der Waals surface area (Å²) in [4.78, 5) is 15.8. The summed E-state index contributed by atoms with van der Waals surface area (Å²) in [6, 6.07) is 23.0. The van der Waals surface area contributed by atoms with E-state index in [9.17, 15) is 10.1 Å². The third kappa shape index (κ3) is 1.94. The molecule has 0 radical (unpaired) electrons. The molecule has 2 aromatic heterocycles. The second-order valence-electron chi connectivity index (χ2n) is 6.13. The van der Waals surface area contributed by atoms with Crippen molar-refractivity contribution in [3.05, 3.63) is 89.1 Å². The van der Waals surface area contributed by atoms with E-state index in [2.05, 4.69) is 17.1 Å². The summed E-state index contributed by atoms with van der Waals surface area (Å²) < 4.78 is 1.88. The molecule has 0 saturated carbocycles. The van der Waals surface area contributed by atoms with E-state index in [1.54, 1.807) is 18.3 Å². The number of hydrogen-bond donors (Lipinski definition) is 0. The van der Waals surface area contributed by atoms with Crippen molar-refractivity contribution in [1.82, 2.24) is 9.55 Å². The van der Waals surface area contributed by atoms with Crippen molar-refractivity contribution >= 4 is 38.3 Å². The van der Waals surface area contributed by atoms with Crippen LogP contribution in [0.3, 0.4) is 0 Å². The van der Waals surface area contributed by atoms with Gasteiger partial charge >= 0.3 is 0 Å². The number of nitro groups is 1. The molecule has 0 saturated heterocycles. The highest BCUT2D eigenvalue weighted by atomic mass is 16.6. The van der Waals surface area contributed by atoms with Gasteiger partial charge in [0.15, 0.2) is 0 Å². The minimum absolute atomic E-state index is 0.0773. The van der Waals surface area contributed by atoms with Crippen LogP contribution >= 0.6 is 0 Å². The third-order valence-corrected chi connectivity index (χ3v) is 4.73. The first-order valence-electron chi connectivity index (χ1n) is 8.26. The molecule has 5 aromatic rings. The smallest absolute Gasteiger partial charge is 0.288 e. The molecule has 0 unspecified atom stereocenters. The van der Waals surface area contributed by atoms with Gasteiger partial charge in [-0.3, -0.25) is 14.7 Å². The zero-order valence-corrected chi connectivity index (χ0v) is 13.7. The fourth-order valence-electron chi connectivity index (χ4n) is 3.69. The van der Waals surface area contributed by atoms with Crippen LogP contribution < -0.4 is 0 Å². The Bertz CT molecular complexity index is 1310. The van der Waals surface area contributed by atoms with Gasteiger partial charge in [-0.1, -0.05) is 48.5 Å². The van der Waals surface area contributed by atoms with Crippen LogP contribution in [0.2, 0.25) is 0 Å². The van der Waals surface area contributed by atoms with Gasteiger partial charge < -0.3 is 0 Å². The van der Waals surface area contributed by atoms with Crippen LogP contribution in [0.5, 0.6) is 0 Å². The summed E-state index contributed by atoms with van der Waals surface area (Å²) in [7, 11) is 0. The Morgan fingerprint density at radius 3 is 2.46 bits per heavy atom. The van der Waals surface area contributed by atoms with Gasteiger partial charge in [-0.05, 0) is 29.0 Å². The van der Waals surface area contributed by atoms with Gasteiger partial charge in [0.25, 0.3) is 5.69 Å². The lowest BCUT2D eigenvalue weighted by atomic mass is 10.0. The molecule has 124 valence electrons. The number of para-hydroxylation sites is 1. The SMILES string of the molecule is O=[N+]([O-])c1cccc2c3c4ccccc4ccc3n(-c3ccccn3)c12. The number of fused-ring (bicyclic) bond motifs is 5. The van der Waals surface area contributed by atoms with Crippen LogP contribution in [0, 0.1) is 10.1 Å². The zero-order valence-electron chi connectivity index (χ0n) is 13.7. The van der Waals surface area contributed by atoms with Crippen molar-refractivity contribution in [3.63, 3.8) is 0 Å². The van der Waals surface area contributed by atoms with Crippen molar-refractivity contribution in [2.75, 3.05) is 0 Å². The zero-order chi connectivity index (χ0) is 17.7. The van der Waals surface area contributed by atoms with E-state index in [0.29, 0.717) is 11.3 Å². The largest absolute Gasteiger partial charge is 0.293 e. The molecule has 0 aliphatic rings. The summed E-state index contributed by atoms with van der Waals surface area (Å²) in [5, 5.41) is 15.8. The molecule has 0 N–H and O–H groups in total. The third-order valence-electron chi connectivity index (χ3n) is 4.73. The lowest BCUT2D eigenvalue weighted by Crippen LogP contribution is -1.99. The fourth-order valence-corrected chi connectivity index (χ4v) is 3.69. The highest BCUT2D eigenvalue weighted by Gasteiger charge is 2.22. The number of non-ortho nitro benzene ring substituents is 1. The maximum Gasteiger partial charge on any atom is 0.293 e. The molecule has 0 aliphatic heterocycles. The summed E-state index contributed by atoms with van der Waals surface area (Å²) in [5.74, 6) is 0.664. The molecule has 3 aromatic carbocycles. The highest BCUT2D eigenvalue weighted by Crippen LogP contribution is 2.39. The lowest BCUT2D eigenvalue weighted by Gasteiger charge is -2.07. The second kappa shape index (κ2) is 5.39. The highest BCUT2D eigenvalue weighted by molar-refractivity contribution is 6.22. The molecule has 0 aliphatic carbocycles. The first-order chi connectivity index (χ1) is 12.8. The van der Waals surface area contributed by atoms with E-state index in [-0.39, 0.29) is 10.6 Å². The Balaban J connectivity index is 2.10. The van der Waals surface area contributed by atoms with E-state index in [1.165, 1.54) is 0 Å². The number of pyridine rings is 1. The molecule has 0 bridgehead atoms. The molecule has 0 spiro atoms. The second-order valence-corrected chi connectivity index (χ2v) is 6.13. The Hall–Kier alpha value is -3.73. The van der Waals surface area contributed by atoms with Crippen molar-refractivity contribution in [3.8, 4) is 5.82 Å². The Labute approximate surface area is 148 Å².